The molecule has 0 bridgehead atoms. The Kier molecular flexibility index (Phi) is 72.5. The lowest BCUT2D eigenvalue weighted by atomic mass is 10.0. The summed E-state index contributed by atoms with van der Waals surface area (Å²) in [5, 5.41) is 0. The first-order valence-corrected chi connectivity index (χ1v) is 39.5. The van der Waals surface area contributed by atoms with Gasteiger partial charge in [0.15, 0.2) is 6.10 Å². The van der Waals surface area contributed by atoms with Crippen LogP contribution in [0.25, 0.3) is 0 Å². The molecule has 2 unspecified atom stereocenters. The van der Waals surface area contributed by atoms with E-state index in [2.05, 4.69) is 135 Å². The van der Waals surface area contributed by atoms with Gasteiger partial charge >= 0.3 is 19.8 Å². The zero-order valence-electron chi connectivity index (χ0n) is 59.1. The molecule has 91 heavy (non-hydrogen) atoms. The van der Waals surface area contributed by atoms with E-state index in [1.54, 1.807) is 0 Å². The lowest BCUT2D eigenvalue weighted by molar-refractivity contribution is -0.161. The van der Waals surface area contributed by atoms with Crippen LogP contribution in [0.4, 0.5) is 0 Å². The van der Waals surface area contributed by atoms with Gasteiger partial charge < -0.3 is 20.1 Å². The van der Waals surface area contributed by atoms with Gasteiger partial charge in [0, 0.05) is 19.4 Å². The first-order valence-electron chi connectivity index (χ1n) is 38.0. The molecule has 0 radical (unpaired) electrons. The fraction of sp³-hybridized carbons (Fsp3) is 0.728. The van der Waals surface area contributed by atoms with Crippen molar-refractivity contribution in [2.45, 2.75) is 354 Å². The smallest absolute Gasteiger partial charge is 0.462 e. The van der Waals surface area contributed by atoms with Crippen LogP contribution in [0, 0.1) is 0 Å². The summed E-state index contributed by atoms with van der Waals surface area (Å²) in [5.74, 6) is -0.814. The topological polar surface area (TPSA) is 134 Å². The fourth-order valence-corrected chi connectivity index (χ4v) is 11.6. The van der Waals surface area contributed by atoms with Crippen LogP contribution in [-0.2, 0) is 32.7 Å². The van der Waals surface area contributed by atoms with Crippen LogP contribution in [0.2, 0.25) is 0 Å². The van der Waals surface area contributed by atoms with Crippen molar-refractivity contribution >= 4 is 19.8 Å². The Hall–Kier alpha value is -3.59. The Balaban J connectivity index is 3.82. The van der Waals surface area contributed by atoms with Crippen molar-refractivity contribution in [1.82, 2.24) is 0 Å². The Labute approximate surface area is 561 Å². The van der Waals surface area contributed by atoms with E-state index in [9.17, 15) is 19.0 Å². The molecule has 10 heteroatoms. The monoisotopic (exact) mass is 1290 g/mol. The molecule has 0 spiro atoms. The van der Waals surface area contributed by atoms with Crippen molar-refractivity contribution in [3.05, 3.63) is 122 Å². The van der Waals surface area contributed by atoms with E-state index in [1.807, 2.05) is 0 Å². The summed E-state index contributed by atoms with van der Waals surface area (Å²) in [5.41, 5.74) is 5.41. The molecule has 524 valence electrons. The molecule has 0 aliphatic heterocycles. The van der Waals surface area contributed by atoms with Gasteiger partial charge in [-0.25, -0.2) is 4.57 Å². The van der Waals surface area contributed by atoms with Crippen molar-refractivity contribution in [3.63, 3.8) is 0 Å². The van der Waals surface area contributed by atoms with Crippen LogP contribution < -0.4 is 5.73 Å². The minimum atomic E-state index is -4.40. The normalized spacial score (nSPS) is 13.6. The SMILES string of the molecule is CC/C=C\C/C=C\C/C=C\C/C=C\C/C=C\C/C=C\CCCCCCCCCCCCCCCCCCCCC(=O)OC(COC(=O)CCCCCCCCCCCCCCCCCCCCCC/C=C\C/C=C\C/C=C\C/C=C\CC)COP(=O)(O)OCCN. The number of phosphoric acid groups is 1. The van der Waals surface area contributed by atoms with E-state index in [4.69, 9.17) is 24.3 Å². The summed E-state index contributed by atoms with van der Waals surface area (Å²) in [6.45, 7) is 3.56. The first kappa shape index (κ1) is 87.4. The van der Waals surface area contributed by atoms with Gasteiger partial charge in [0.25, 0.3) is 0 Å². The van der Waals surface area contributed by atoms with Crippen molar-refractivity contribution in [1.29, 1.82) is 0 Å². The average molecular weight is 1290 g/mol. The van der Waals surface area contributed by atoms with Crippen molar-refractivity contribution in [2.75, 3.05) is 26.4 Å². The number of unbranched alkanes of at least 4 members (excludes halogenated alkanes) is 38. The number of ether oxygens (including phenoxy) is 2. The summed E-state index contributed by atoms with van der Waals surface area (Å²) in [4.78, 5) is 35.4. The van der Waals surface area contributed by atoms with Crippen molar-refractivity contribution in [3.8, 4) is 0 Å². The number of rotatable bonds is 71. The minimum absolute atomic E-state index is 0.0518. The van der Waals surface area contributed by atoms with Gasteiger partial charge in [0.1, 0.15) is 6.61 Å². The number of hydrogen-bond acceptors (Lipinski definition) is 8. The Morgan fingerprint density at radius 2 is 0.571 bits per heavy atom. The molecule has 2 atom stereocenters. The standard InChI is InChI=1S/C81H142NO8P/c1-3-5-7-9-11-13-15-17-19-21-23-25-27-29-31-33-35-37-38-39-40-42-44-46-48-50-52-54-56-58-60-62-64-66-68-70-72-74-81(84)90-79(78-89-91(85,86)88-76-75-82)77-87-80(83)73-71-69-67-65-63-61-59-57-55-53-51-49-47-45-43-41-36-34-32-30-28-26-24-22-20-18-16-14-12-10-8-6-4-2/h5-8,11-14,17-20,23-26,29,31,35,37,79H,3-4,9-10,15-16,21-22,27-28,30,32-34,36,38-78,82H2,1-2H3,(H,85,86)/b7-5-,8-6-,13-11-,14-12-,19-17-,20-18-,25-23-,26-24-,31-29-,37-35-. The number of esters is 2. The maximum Gasteiger partial charge on any atom is 0.472 e. The Morgan fingerprint density at radius 1 is 0.330 bits per heavy atom. The minimum Gasteiger partial charge on any atom is -0.462 e. The van der Waals surface area contributed by atoms with Crippen molar-refractivity contribution < 1.29 is 37.6 Å². The van der Waals surface area contributed by atoms with Crippen LogP contribution in [0.3, 0.4) is 0 Å². The second-order valence-corrected chi connectivity index (χ2v) is 26.6. The zero-order chi connectivity index (χ0) is 65.8. The largest absolute Gasteiger partial charge is 0.472 e. The van der Waals surface area contributed by atoms with Gasteiger partial charge in [-0.15, -0.1) is 0 Å². The molecule has 0 heterocycles. The molecule has 3 N–H and O–H groups in total. The molecule has 0 aromatic carbocycles. The van der Waals surface area contributed by atoms with Gasteiger partial charge in [-0.05, 0) is 103 Å². The molecule has 0 aromatic heterocycles. The third-order valence-corrected chi connectivity index (χ3v) is 17.3. The maximum absolute atomic E-state index is 12.8. The maximum atomic E-state index is 12.8. The second kappa shape index (κ2) is 75.4. The van der Waals surface area contributed by atoms with Gasteiger partial charge in [-0.2, -0.15) is 0 Å². The number of phosphoric ester groups is 1. The highest BCUT2D eigenvalue weighted by atomic mass is 31.2. The van der Waals surface area contributed by atoms with Gasteiger partial charge in [0.2, 0.25) is 0 Å². The van der Waals surface area contributed by atoms with Crippen LogP contribution >= 0.6 is 7.82 Å². The van der Waals surface area contributed by atoms with Crippen LogP contribution in [0.5, 0.6) is 0 Å². The molecule has 0 fully saturated rings. The summed E-state index contributed by atoms with van der Waals surface area (Å²) >= 11 is 0. The van der Waals surface area contributed by atoms with E-state index in [-0.39, 0.29) is 38.6 Å². The lowest BCUT2D eigenvalue weighted by Gasteiger charge is -2.19. The number of allylic oxidation sites excluding steroid dienone is 20. The van der Waals surface area contributed by atoms with Gasteiger partial charge in [-0.1, -0.05) is 354 Å². The molecule has 0 rings (SSSR count). The molecule has 0 saturated heterocycles. The number of carbonyl (C=O) groups excluding carboxylic acids is 2. The third-order valence-electron chi connectivity index (χ3n) is 16.3. The molecular formula is C81H142NO8P. The average Bonchev–Trinajstić information content (AvgIpc) is 3.74. The highest BCUT2D eigenvalue weighted by Crippen LogP contribution is 2.43. The number of carbonyl (C=O) groups is 2. The Bertz CT molecular complexity index is 1910. The van der Waals surface area contributed by atoms with E-state index in [1.165, 1.54) is 212 Å². The highest BCUT2D eigenvalue weighted by molar-refractivity contribution is 7.47. The van der Waals surface area contributed by atoms with E-state index < -0.39 is 26.5 Å². The van der Waals surface area contributed by atoms with E-state index >= 15 is 0 Å². The number of hydrogen-bond donors (Lipinski definition) is 2. The predicted molar refractivity (Wildman–Crippen MR) is 394 cm³/mol. The predicted octanol–water partition coefficient (Wildman–Crippen LogP) is 25.4. The Morgan fingerprint density at radius 3 is 0.846 bits per heavy atom. The quantitative estimate of drug-likeness (QED) is 0.0264. The van der Waals surface area contributed by atoms with Gasteiger partial charge in [0.05, 0.1) is 13.2 Å². The third kappa shape index (κ3) is 75.3. The molecule has 0 aliphatic carbocycles. The summed E-state index contributed by atoms with van der Waals surface area (Å²) in [7, 11) is -4.40. The molecule has 9 nitrogen and oxygen atoms in total. The summed E-state index contributed by atoms with van der Waals surface area (Å²) < 4.78 is 33.3. The highest BCUT2D eigenvalue weighted by Gasteiger charge is 2.26. The summed E-state index contributed by atoms with van der Waals surface area (Å²) in [6, 6.07) is 0. The fourth-order valence-electron chi connectivity index (χ4n) is 10.8. The van der Waals surface area contributed by atoms with E-state index in [0.29, 0.717) is 6.42 Å². The molecule has 0 aromatic rings. The number of nitrogens with two attached hydrogens (primary N) is 1. The zero-order valence-corrected chi connectivity index (χ0v) is 59.9. The van der Waals surface area contributed by atoms with Crippen molar-refractivity contribution in [2.24, 2.45) is 5.73 Å². The van der Waals surface area contributed by atoms with E-state index in [0.717, 1.165) is 103 Å². The molecule has 0 saturated carbocycles. The molecule has 0 aliphatic rings. The van der Waals surface area contributed by atoms with Crippen LogP contribution in [0.15, 0.2) is 122 Å². The molecular weight excluding hydrogens is 1150 g/mol. The lowest BCUT2D eigenvalue weighted by Crippen LogP contribution is -2.29. The van der Waals surface area contributed by atoms with Gasteiger partial charge in [-0.3, -0.25) is 18.6 Å². The van der Waals surface area contributed by atoms with Crippen LogP contribution in [-0.4, -0.2) is 49.3 Å². The second-order valence-electron chi connectivity index (χ2n) is 25.1. The van der Waals surface area contributed by atoms with Crippen LogP contribution in [0.1, 0.15) is 348 Å². The molecule has 0 amide bonds. The first-order chi connectivity index (χ1) is 44.8. The summed E-state index contributed by atoms with van der Waals surface area (Å²) in [6.07, 6.45) is 106.